The zero-order chi connectivity index (χ0) is 20.0. The molecular formula is C20H19Br2NO5. The second kappa shape index (κ2) is 7.71. The molecule has 1 aromatic rings. The molecule has 2 bridgehead atoms. The average Bonchev–Trinajstić information content (AvgIpc) is 3.30. The number of ketones is 1. The number of hydrogen-bond acceptors (Lipinski definition) is 5. The fourth-order valence-electron chi connectivity index (χ4n) is 4.76. The summed E-state index contributed by atoms with van der Waals surface area (Å²) in [6, 6.07) is 8.57. The maximum absolute atomic E-state index is 12.8. The Morgan fingerprint density at radius 1 is 1.00 bits per heavy atom. The number of benzene rings is 1. The van der Waals surface area contributed by atoms with E-state index in [2.05, 4.69) is 31.9 Å². The van der Waals surface area contributed by atoms with Gasteiger partial charge in [0.05, 0.1) is 18.3 Å². The molecule has 1 heterocycles. The molecule has 4 rings (SSSR count). The first-order valence-corrected chi connectivity index (χ1v) is 11.1. The number of rotatable bonds is 6. The summed E-state index contributed by atoms with van der Waals surface area (Å²) in [6.45, 7) is -0.348. The molecule has 2 saturated carbocycles. The molecule has 3 fully saturated rings. The van der Waals surface area contributed by atoms with Crippen molar-refractivity contribution in [3.8, 4) is 0 Å². The Bertz CT molecular complexity index is 797. The lowest BCUT2D eigenvalue weighted by molar-refractivity contribution is -0.145. The third-order valence-electron chi connectivity index (χ3n) is 6.08. The van der Waals surface area contributed by atoms with Crippen LogP contribution in [-0.2, 0) is 19.1 Å². The third-order valence-corrected chi connectivity index (χ3v) is 9.28. The number of amides is 2. The first kappa shape index (κ1) is 19.8. The van der Waals surface area contributed by atoms with E-state index >= 15 is 0 Å². The summed E-state index contributed by atoms with van der Waals surface area (Å²) >= 11 is 7.29. The molecule has 148 valence electrons. The molecule has 1 saturated heterocycles. The van der Waals surface area contributed by atoms with Gasteiger partial charge in [0.1, 0.15) is 0 Å². The van der Waals surface area contributed by atoms with Gasteiger partial charge in [-0.3, -0.25) is 24.1 Å². The summed E-state index contributed by atoms with van der Waals surface area (Å²) in [4.78, 5) is 51.1. The largest absolute Gasteiger partial charge is 0.457 e. The highest BCUT2D eigenvalue weighted by molar-refractivity contribution is 9.12. The number of likely N-dealkylation sites (tertiary alicyclic amines) is 1. The van der Waals surface area contributed by atoms with Crippen LogP contribution in [-0.4, -0.2) is 51.3 Å². The van der Waals surface area contributed by atoms with Gasteiger partial charge in [0.2, 0.25) is 11.8 Å². The molecule has 0 spiro atoms. The lowest BCUT2D eigenvalue weighted by Gasteiger charge is -2.28. The molecule has 8 heteroatoms. The van der Waals surface area contributed by atoms with E-state index in [1.165, 1.54) is 4.90 Å². The van der Waals surface area contributed by atoms with Crippen molar-refractivity contribution < 1.29 is 23.9 Å². The first-order chi connectivity index (χ1) is 13.4. The molecule has 1 aromatic carbocycles. The SMILES string of the molecule is O=C(CCN1C(=O)[C@@H]2[C@H]3C[C@@H]([C@H](Br)[C@@H]3Br)[C@@H]2C1=O)OCC(=O)c1ccccc1. The van der Waals surface area contributed by atoms with Gasteiger partial charge in [0, 0.05) is 21.8 Å². The maximum atomic E-state index is 12.8. The number of esters is 1. The normalized spacial score (nSPS) is 33.3. The van der Waals surface area contributed by atoms with Crippen molar-refractivity contribution in [2.24, 2.45) is 23.7 Å². The van der Waals surface area contributed by atoms with Crippen LogP contribution in [0.4, 0.5) is 0 Å². The Balaban J connectivity index is 1.31. The average molecular weight is 513 g/mol. The third kappa shape index (κ3) is 3.24. The van der Waals surface area contributed by atoms with E-state index in [4.69, 9.17) is 4.74 Å². The maximum Gasteiger partial charge on any atom is 0.308 e. The van der Waals surface area contributed by atoms with Crippen LogP contribution in [0.2, 0.25) is 0 Å². The topological polar surface area (TPSA) is 80.8 Å². The molecule has 0 N–H and O–H groups in total. The van der Waals surface area contributed by atoms with E-state index in [1.807, 2.05) is 0 Å². The van der Waals surface area contributed by atoms with Crippen LogP contribution < -0.4 is 0 Å². The van der Waals surface area contributed by atoms with Gasteiger partial charge in [0.15, 0.2) is 12.4 Å². The van der Waals surface area contributed by atoms with E-state index in [0.29, 0.717) is 5.56 Å². The van der Waals surface area contributed by atoms with Crippen LogP contribution >= 0.6 is 31.9 Å². The predicted molar refractivity (Wildman–Crippen MR) is 107 cm³/mol. The number of carbonyl (C=O) groups excluding carboxylic acids is 4. The van der Waals surface area contributed by atoms with Crippen molar-refractivity contribution in [2.45, 2.75) is 22.5 Å². The van der Waals surface area contributed by atoms with E-state index < -0.39 is 5.97 Å². The van der Waals surface area contributed by atoms with Crippen LogP contribution in [0.3, 0.4) is 0 Å². The molecule has 28 heavy (non-hydrogen) atoms. The predicted octanol–water partition coefficient (Wildman–Crippen LogP) is 2.58. The summed E-state index contributed by atoms with van der Waals surface area (Å²) in [5.74, 6) is -1.52. The summed E-state index contributed by atoms with van der Waals surface area (Å²) in [5.41, 5.74) is 0.470. The summed E-state index contributed by atoms with van der Waals surface area (Å²) in [5, 5.41) is 0. The van der Waals surface area contributed by atoms with Crippen molar-refractivity contribution in [1.82, 2.24) is 4.90 Å². The zero-order valence-electron chi connectivity index (χ0n) is 14.9. The minimum absolute atomic E-state index is 0.00235. The highest BCUT2D eigenvalue weighted by Gasteiger charge is 2.66. The van der Waals surface area contributed by atoms with Gasteiger partial charge in [-0.05, 0) is 18.3 Å². The number of imide groups is 1. The highest BCUT2D eigenvalue weighted by Crippen LogP contribution is 2.60. The van der Waals surface area contributed by atoms with Crippen LogP contribution in [0.1, 0.15) is 23.2 Å². The van der Waals surface area contributed by atoms with Gasteiger partial charge < -0.3 is 4.74 Å². The van der Waals surface area contributed by atoms with Gasteiger partial charge in [-0.1, -0.05) is 62.2 Å². The molecule has 1 aliphatic heterocycles. The number of hydrogen-bond donors (Lipinski definition) is 0. The number of halogens is 2. The van der Waals surface area contributed by atoms with E-state index in [1.54, 1.807) is 30.3 Å². The lowest BCUT2D eigenvalue weighted by atomic mass is 9.81. The summed E-state index contributed by atoms with van der Waals surface area (Å²) in [6.07, 6.45) is 0.764. The van der Waals surface area contributed by atoms with Gasteiger partial charge >= 0.3 is 5.97 Å². The molecule has 0 aromatic heterocycles. The Morgan fingerprint density at radius 2 is 1.57 bits per heavy atom. The number of ether oxygens (including phenoxy) is 1. The van der Waals surface area contributed by atoms with Gasteiger partial charge in [0.25, 0.3) is 0 Å². The lowest BCUT2D eigenvalue weighted by Crippen LogP contribution is -2.37. The molecule has 0 radical (unpaired) electrons. The molecule has 2 amide bonds. The van der Waals surface area contributed by atoms with Crippen LogP contribution in [0.15, 0.2) is 30.3 Å². The van der Waals surface area contributed by atoms with Gasteiger partial charge in [-0.25, -0.2) is 0 Å². The second-order valence-corrected chi connectivity index (χ2v) is 9.65. The molecular weight excluding hydrogens is 494 g/mol. The number of fused-ring (bicyclic) bond motifs is 5. The smallest absolute Gasteiger partial charge is 0.308 e. The van der Waals surface area contributed by atoms with Crippen LogP contribution in [0, 0.1) is 23.7 Å². The summed E-state index contributed by atoms with van der Waals surface area (Å²) < 4.78 is 5.02. The fourth-order valence-corrected chi connectivity index (χ4v) is 6.63. The van der Waals surface area contributed by atoms with E-state index in [0.717, 1.165) is 6.42 Å². The molecule has 2 aliphatic carbocycles. The Morgan fingerprint density at radius 3 is 2.14 bits per heavy atom. The molecule has 3 aliphatic rings. The van der Waals surface area contributed by atoms with Crippen molar-refractivity contribution in [2.75, 3.05) is 13.2 Å². The monoisotopic (exact) mass is 511 g/mol. The first-order valence-electron chi connectivity index (χ1n) is 9.27. The number of alkyl halides is 2. The van der Waals surface area contributed by atoms with E-state index in [9.17, 15) is 19.2 Å². The van der Waals surface area contributed by atoms with Crippen LogP contribution in [0.25, 0.3) is 0 Å². The van der Waals surface area contributed by atoms with Crippen molar-refractivity contribution in [1.29, 1.82) is 0 Å². The van der Waals surface area contributed by atoms with Crippen molar-refractivity contribution in [3.63, 3.8) is 0 Å². The number of Topliss-reactive ketones (excluding diaryl/α,β-unsaturated/α-hetero) is 1. The quantitative estimate of drug-likeness (QED) is 0.253. The van der Waals surface area contributed by atoms with Crippen molar-refractivity contribution in [3.05, 3.63) is 35.9 Å². The Labute approximate surface area is 179 Å². The second-order valence-electron chi connectivity index (χ2n) is 7.53. The van der Waals surface area contributed by atoms with Gasteiger partial charge in [-0.15, -0.1) is 0 Å². The van der Waals surface area contributed by atoms with Crippen LogP contribution in [0.5, 0.6) is 0 Å². The Kier molecular flexibility index (Phi) is 5.44. The summed E-state index contributed by atoms with van der Waals surface area (Å²) in [7, 11) is 0. The highest BCUT2D eigenvalue weighted by atomic mass is 79.9. The fraction of sp³-hybridized carbons (Fsp3) is 0.500. The molecule has 0 unspecified atom stereocenters. The van der Waals surface area contributed by atoms with E-state index in [-0.39, 0.29) is 70.5 Å². The standard InChI is InChI=1S/C20H19Br2NO5/c21-17-11-8-12(18(17)22)16-15(11)19(26)23(20(16)27)7-6-14(25)28-9-13(24)10-4-2-1-3-5-10/h1-5,11-12,15-18H,6-9H2/t11-,12-,15-,16+,17-,18+/m1/s1. The number of nitrogens with zero attached hydrogens (tertiary/aromatic N) is 1. The van der Waals surface area contributed by atoms with Gasteiger partial charge in [-0.2, -0.15) is 0 Å². The number of carbonyl (C=O) groups is 4. The van der Waals surface area contributed by atoms with Crippen molar-refractivity contribution >= 4 is 55.4 Å². The molecule has 6 atom stereocenters. The minimum atomic E-state index is -0.596. The Hall–Kier alpha value is -1.54. The minimum Gasteiger partial charge on any atom is -0.457 e. The molecule has 6 nitrogen and oxygen atoms in total. The zero-order valence-corrected chi connectivity index (χ0v) is 18.1.